The average Bonchev–Trinajstić information content (AvgIpc) is 2.95. The van der Waals surface area contributed by atoms with E-state index in [0.717, 1.165) is 5.56 Å². The lowest BCUT2D eigenvalue weighted by Gasteiger charge is -2.35. The molecule has 0 bridgehead atoms. The summed E-state index contributed by atoms with van der Waals surface area (Å²) in [5, 5.41) is 0. The number of ether oxygens (including phenoxy) is 2. The Kier molecular flexibility index (Phi) is 10.7. The molecule has 238 valence electrons. The van der Waals surface area contributed by atoms with Gasteiger partial charge in [-0.3, -0.25) is 9.69 Å². The smallest absolute Gasteiger partial charge is 0.466 e. The predicted octanol–water partition coefficient (Wildman–Crippen LogP) is 9.34. The van der Waals surface area contributed by atoms with Crippen molar-refractivity contribution in [3.63, 3.8) is 0 Å². The molecule has 0 radical (unpaired) electrons. The third kappa shape index (κ3) is 8.77. The highest BCUT2D eigenvalue weighted by atomic mass is 19.4. The summed E-state index contributed by atoms with van der Waals surface area (Å²) in [6.45, 7) is 6.71. The minimum Gasteiger partial charge on any atom is -0.466 e. The van der Waals surface area contributed by atoms with Gasteiger partial charge >= 0.3 is 18.5 Å². The van der Waals surface area contributed by atoms with Gasteiger partial charge in [0, 0.05) is 13.1 Å². The number of halogens is 6. The van der Waals surface area contributed by atoms with Crippen molar-refractivity contribution in [1.29, 1.82) is 0 Å². The summed E-state index contributed by atoms with van der Waals surface area (Å²) in [5.74, 6) is -2.66. The van der Waals surface area contributed by atoms with E-state index < -0.39 is 35.9 Å². The molecule has 2 unspecified atom stereocenters. The van der Waals surface area contributed by atoms with Gasteiger partial charge in [0.1, 0.15) is 5.75 Å². The number of likely N-dealkylation sites (tertiary alicyclic amines) is 1. The van der Waals surface area contributed by atoms with Crippen LogP contribution in [-0.4, -0.2) is 36.9 Å². The number of alkyl halides is 6. The fourth-order valence-electron chi connectivity index (χ4n) is 5.98. The van der Waals surface area contributed by atoms with Gasteiger partial charge in [-0.05, 0) is 90.6 Å². The zero-order valence-corrected chi connectivity index (χ0v) is 25.0. The van der Waals surface area contributed by atoms with E-state index in [1.165, 1.54) is 30.3 Å². The average molecular weight is 622 g/mol. The third-order valence-electron chi connectivity index (χ3n) is 7.75. The highest BCUT2D eigenvalue weighted by Gasteiger charge is 2.42. The molecule has 1 saturated heterocycles. The van der Waals surface area contributed by atoms with Crippen LogP contribution in [0.25, 0.3) is 11.1 Å². The van der Waals surface area contributed by atoms with Crippen molar-refractivity contribution < 1.29 is 40.6 Å². The van der Waals surface area contributed by atoms with Crippen molar-refractivity contribution in [2.75, 3.05) is 19.7 Å². The molecule has 10 heteroatoms. The van der Waals surface area contributed by atoms with E-state index >= 15 is 13.2 Å². The number of carbonyl (C=O) groups excluding carboxylic acids is 1. The van der Waals surface area contributed by atoms with E-state index in [0.29, 0.717) is 43.6 Å². The largest absolute Gasteiger partial charge is 0.573 e. The van der Waals surface area contributed by atoms with Gasteiger partial charge < -0.3 is 9.47 Å². The van der Waals surface area contributed by atoms with Crippen molar-refractivity contribution in [2.24, 2.45) is 5.92 Å². The van der Waals surface area contributed by atoms with E-state index in [1.54, 1.807) is 13.0 Å². The molecule has 2 atom stereocenters. The summed E-state index contributed by atoms with van der Waals surface area (Å²) >= 11 is 0. The van der Waals surface area contributed by atoms with Crippen molar-refractivity contribution in [2.45, 2.75) is 71.0 Å². The Morgan fingerprint density at radius 1 is 0.955 bits per heavy atom. The first-order valence-corrected chi connectivity index (χ1v) is 14.8. The van der Waals surface area contributed by atoms with Crippen LogP contribution in [0, 0.1) is 5.92 Å². The molecule has 0 aromatic heterocycles. The molecule has 1 fully saturated rings. The summed E-state index contributed by atoms with van der Waals surface area (Å²) in [7, 11) is 0. The van der Waals surface area contributed by atoms with Crippen molar-refractivity contribution in [1.82, 2.24) is 4.90 Å². The molecule has 3 aromatic carbocycles. The van der Waals surface area contributed by atoms with Crippen LogP contribution in [0.15, 0.2) is 66.7 Å². The zero-order valence-electron chi connectivity index (χ0n) is 25.0. The third-order valence-corrected chi connectivity index (χ3v) is 7.75. The first-order chi connectivity index (χ1) is 20.7. The van der Waals surface area contributed by atoms with Crippen LogP contribution in [0.4, 0.5) is 26.3 Å². The number of benzene rings is 3. The summed E-state index contributed by atoms with van der Waals surface area (Å²) < 4.78 is 92.2. The van der Waals surface area contributed by atoms with Gasteiger partial charge in [0.05, 0.1) is 18.1 Å². The number of rotatable bonds is 10. The van der Waals surface area contributed by atoms with Crippen LogP contribution in [0.2, 0.25) is 0 Å². The molecule has 4 rings (SSSR count). The summed E-state index contributed by atoms with van der Waals surface area (Å²) in [4.78, 5) is 15.2. The summed E-state index contributed by atoms with van der Waals surface area (Å²) in [6, 6.07) is 17.7. The Balaban J connectivity index is 1.76. The maximum absolute atomic E-state index is 15.1. The zero-order chi connectivity index (χ0) is 32.1. The fourth-order valence-corrected chi connectivity index (χ4v) is 5.98. The Morgan fingerprint density at radius 3 is 2.23 bits per heavy atom. The number of esters is 1. The van der Waals surface area contributed by atoms with E-state index in [2.05, 4.69) is 4.74 Å². The van der Waals surface area contributed by atoms with Crippen LogP contribution in [0.1, 0.15) is 74.1 Å². The lowest BCUT2D eigenvalue weighted by Crippen LogP contribution is -2.35. The van der Waals surface area contributed by atoms with Crippen LogP contribution in [0.5, 0.6) is 5.75 Å². The van der Waals surface area contributed by atoms with Crippen LogP contribution in [-0.2, 0) is 22.3 Å². The van der Waals surface area contributed by atoms with Gasteiger partial charge in [-0.1, -0.05) is 62.4 Å². The SMILES string of the molecule is CCOC(=O)C(CC(C)C)c1cc(-c2ccccc2)cc(C2CCCN(Cc3ccc(OC(F)(F)F)cc3)C2)c1C(F)(F)F. The Morgan fingerprint density at radius 2 is 1.64 bits per heavy atom. The van der Waals surface area contributed by atoms with Crippen molar-refractivity contribution in [3.8, 4) is 16.9 Å². The molecule has 3 aromatic rings. The minimum atomic E-state index is -4.80. The van der Waals surface area contributed by atoms with Gasteiger partial charge in [0.2, 0.25) is 0 Å². The summed E-state index contributed by atoms with van der Waals surface area (Å²) in [5.41, 5.74) is 1.35. The monoisotopic (exact) mass is 621 g/mol. The Hall–Kier alpha value is -3.53. The first kappa shape index (κ1) is 33.4. The van der Waals surface area contributed by atoms with Gasteiger partial charge in [0.25, 0.3) is 0 Å². The molecular formula is C34H37F6NO3. The number of nitrogens with zero attached hydrogens (tertiary/aromatic N) is 1. The van der Waals surface area contributed by atoms with Gasteiger partial charge in [-0.2, -0.15) is 13.2 Å². The number of carbonyl (C=O) groups is 1. The second kappa shape index (κ2) is 14.1. The molecule has 44 heavy (non-hydrogen) atoms. The maximum Gasteiger partial charge on any atom is 0.573 e. The van der Waals surface area contributed by atoms with Gasteiger partial charge in [0.15, 0.2) is 0 Å². The topological polar surface area (TPSA) is 38.8 Å². The molecular weight excluding hydrogens is 584 g/mol. The van der Waals surface area contributed by atoms with Crippen LogP contribution >= 0.6 is 0 Å². The van der Waals surface area contributed by atoms with E-state index in [-0.39, 0.29) is 35.8 Å². The molecule has 0 amide bonds. The lowest BCUT2D eigenvalue weighted by atomic mass is 9.78. The quantitative estimate of drug-likeness (QED) is 0.167. The second-order valence-electron chi connectivity index (χ2n) is 11.6. The number of hydrogen-bond acceptors (Lipinski definition) is 4. The van der Waals surface area contributed by atoms with Crippen LogP contribution < -0.4 is 4.74 Å². The highest BCUT2D eigenvalue weighted by molar-refractivity contribution is 5.80. The minimum absolute atomic E-state index is 0.0565. The Bertz CT molecular complexity index is 1390. The van der Waals surface area contributed by atoms with Gasteiger partial charge in [-0.25, -0.2) is 0 Å². The van der Waals surface area contributed by atoms with Crippen molar-refractivity contribution in [3.05, 3.63) is 89.0 Å². The summed E-state index contributed by atoms with van der Waals surface area (Å²) in [6.07, 6.45) is -8.17. The van der Waals surface area contributed by atoms with Gasteiger partial charge in [-0.15, -0.1) is 13.2 Å². The van der Waals surface area contributed by atoms with E-state index in [4.69, 9.17) is 4.74 Å². The predicted molar refractivity (Wildman–Crippen MR) is 156 cm³/mol. The highest BCUT2D eigenvalue weighted by Crippen LogP contribution is 2.46. The van der Waals surface area contributed by atoms with E-state index in [1.807, 2.05) is 49.1 Å². The fraction of sp³-hybridized carbons (Fsp3) is 0.441. The van der Waals surface area contributed by atoms with Crippen molar-refractivity contribution >= 4 is 5.97 Å². The molecule has 1 heterocycles. The molecule has 0 N–H and O–H groups in total. The first-order valence-electron chi connectivity index (χ1n) is 14.8. The number of piperidine rings is 1. The maximum atomic E-state index is 15.1. The molecule has 0 aliphatic carbocycles. The molecule has 4 nitrogen and oxygen atoms in total. The standard InChI is InChI=1S/C34H37F6NO3/c1-4-43-32(42)30(17-22(2)3)29-19-26(24-9-6-5-7-10-24)18-28(31(29)33(35,36)37)25-11-8-16-41(21-25)20-23-12-14-27(15-13-23)44-34(38,39)40/h5-7,9-10,12-15,18-19,22,25,30H,4,8,11,16-17,20-21H2,1-3H3. The lowest BCUT2D eigenvalue weighted by molar-refractivity contribution is -0.274. The molecule has 0 saturated carbocycles. The molecule has 1 aliphatic rings. The Labute approximate surface area is 254 Å². The molecule has 0 spiro atoms. The molecule has 1 aliphatic heterocycles. The normalized spacial score (nSPS) is 17.0. The van der Waals surface area contributed by atoms with E-state index in [9.17, 15) is 18.0 Å². The number of hydrogen-bond donors (Lipinski definition) is 0. The second-order valence-corrected chi connectivity index (χ2v) is 11.6. The van der Waals surface area contributed by atoms with Crippen LogP contribution in [0.3, 0.4) is 0 Å².